The molecule has 2 rings (SSSR count). The number of methoxy groups -OCH3 is 1. The average Bonchev–Trinajstić information content (AvgIpc) is 2.56. The SMILES string of the molecule is COc1cccc(CC(=O)OCC(=O)Nc2c(Cl)cc(Cl)cc2Cl)c1. The van der Waals surface area contributed by atoms with Crippen molar-refractivity contribution in [3.8, 4) is 5.75 Å². The van der Waals surface area contributed by atoms with Crippen LogP contribution < -0.4 is 10.1 Å². The Hall–Kier alpha value is -1.95. The Kier molecular flexibility index (Phi) is 6.93. The largest absolute Gasteiger partial charge is 0.497 e. The molecule has 0 aliphatic rings. The van der Waals surface area contributed by atoms with Gasteiger partial charge in [-0.15, -0.1) is 0 Å². The van der Waals surface area contributed by atoms with Crippen LogP contribution in [-0.2, 0) is 20.7 Å². The first-order chi connectivity index (χ1) is 11.9. The van der Waals surface area contributed by atoms with Crippen molar-refractivity contribution in [2.75, 3.05) is 19.0 Å². The molecule has 1 N–H and O–H groups in total. The van der Waals surface area contributed by atoms with Gasteiger partial charge in [-0.3, -0.25) is 9.59 Å². The Bertz CT molecular complexity index is 772. The minimum Gasteiger partial charge on any atom is -0.497 e. The molecule has 0 fully saturated rings. The highest BCUT2D eigenvalue weighted by Crippen LogP contribution is 2.33. The molecule has 2 aromatic carbocycles. The standard InChI is InChI=1S/C17H14Cl3NO4/c1-24-12-4-2-3-10(5-12)6-16(23)25-9-15(22)21-17-13(19)7-11(18)8-14(17)20/h2-5,7-8H,6,9H2,1H3,(H,21,22). The summed E-state index contributed by atoms with van der Waals surface area (Å²) in [6.07, 6.45) is 0.0208. The molecule has 0 spiro atoms. The van der Waals surface area contributed by atoms with E-state index in [0.717, 1.165) is 0 Å². The van der Waals surface area contributed by atoms with E-state index in [2.05, 4.69) is 5.32 Å². The van der Waals surface area contributed by atoms with Gasteiger partial charge in [0.2, 0.25) is 0 Å². The van der Waals surface area contributed by atoms with Crippen LogP contribution in [0.15, 0.2) is 36.4 Å². The highest BCUT2D eigenvalue weighted by atomic mass is 35.5. The van der Waals surface area contributed by atoms with Crippen LogP contribution in [0.4, 0.5) is 5.69 Å². The second-order valence-corrected chi connectivity index (χ2v) is 6.23. The summed E-state index contributed by atoms with van der Waals surface area (Å²) in [6, 6.07) is 9.89. The Morgan fingerprint density at radius 1 is 1.08 bits per heavy atom. The van der Waals surface area contributed by atoms with Crippen molar-refractivity contribution in [3.63, 3.8) is 0 Å². The van der Waals surface area contributed by atoms with Gasteiger partial charge in [0.25, 0.3) is 5.91 Å². The topological polar surface area (TPSA) is 64.6 Å². The molecule has 0 atom stereocenters. The highest BCUT2D eigenvalue weighted by Gasteiger charge is 2.13. The molecule has 0 unspecified atom stereocenters. The number of carbonyl (C=O) groups is 2. The normalized spacial score (nSPS) is 10.2. The summed E-state index contributed by atoms with van der Waals surface area (Å²) in [5.41, 5.74) is 0.926. The Morgan fingerprint density at radius 2 is 1.76 bits per heavy atom. The number of benzene rings is 2. The van der Waals surface area contributed by atoms with Crippen LogP contribution in [0.1, 0.15) is 5.56 Å². The first-order valence-corrected chi connectivity index (χ1v) is 8.25. The Balaban J connectivity index is 1.88. The van der Waals surface area contributed by atoms with Crippen LogP contribution in [0, 0.1) is 0 Å². The van der Waals surface area contributed by atoms with Crippen molar-refractivity contribution in [2.24, 2.45) is 0 Å². The second-order valence-electron chi connectivity index (χ2n) is 4.98. The van der Waals surface area contributed by atoms with Gasteiger partial charge in [0.1, 0.15) is 5.75 Å². The highest BCUT2D eigenvalue weighted by molar-refractivity contribution is 6.42. The lowest BCUT2D eigenvalue weighted by Gasteiger charge is -2.10. The molecule has 0 aliphatic carbocycles. The minimum absolute atomic E-state index is 0.0208. The zero-order valence-corrected chi connectivity index (χ0v) is 15.4. The monoisotopic (exact) mass is 401 g/mol. The van der Waals surface area contributed by atoms with Crippen LogP contribution in [0.3, 0.4) is 0 Å². The third kappa shape index (κ3) is 5.81. The van der Waals surface area contributed by atoms with E-state index in [1.807, 2.05) is 0 Å². The number of esters is 1. The second kappa shape index (κ2) is 8.94. The Labute approximate surface area is 159 Å². The predicted molar refractivity (Wildman–Crippen MR) is 97.8 cm³/mol. The van der Waals surface area contributed by atoms with Gasteiger partial charge in [-0.25, -0.2) is 0 Å². The Morgan fingerprint density at radius 3 is 2.40 bits per heavy atom. The number of nitrogens with one attached hydrogen (secondary N) is 1. The lowest BCUT2D eigenvalue weighted by molar-refractivity contribution is -0.146. The van der Waals surface area contributed by atoms with Gasteiger partial charge in [0.15, 0.2) is 6.61 Å². The van der Waals surface area contributed by atoms with Crippen LogP contribution in [0.25, 0.3) is 0 Å². The molecule has 25 heavy (non-hydrogen) atoms. The molecule has 0 aromatic heterocycles. The number of anilines is 1. The molecule has 0 saturated carbocycles. The molecule has 2 aromatic rings. The summed E-state index contributed by atoms with van der Waals surface area (Å²) in [5.74, 6) is -0.475. The number of ether oxygens (including phenoxy) is 2. The zero-order chi connectivity index (χ0) is 18.4. The summed E-state index contributed by atoms with van der Waals surface area (Å²) in [4.78, 5) is 23.7. The molecular weight excluding hydrogens is 389 g/mol. The number of carbonyl (C=O) groups excluding carboxylic acids is 2. The molecule has 8 heteroatoms. The van der Waals surface area contributed by atoms with E-state index >= 15 is 0 Å². The summed E-state index contributed by atoms with van der Waals surface area (Å²) in [7, 11) is 1.54. The molecule has 0 bridgehead atoms. The maximum Gasteiger partial charge on any atom is 0.310 e. The van der Waals surface area contributed by atoms with Gasteiger partial charge in [-0.05, 0) is 29.8 Å². The first-order valence-electron chi connectivity index (χ1n) is 7.12. The van der Waals surface area contributed by atoms with Crippen molar-refractivity contribution in [3.05, 3.63) is 57.0 Å². The number of rotatable bonds is 6. The van der Waals surface area contributed by atoms with Crippen molar-refractivity contribution in [1.29, 1.82) is 0 Å². The fourth-order valence-electron chi connectivity index (χ4n) is 1.98. The third-order valence-electron chi connectivity index (χ3n) is 3.12. The van der Waals surface area contributed by atoms with Gasteiger partial charge < -0.3 is 14.8 Å². The van der Waals surface area contributed by atoms with E-state index in [1.54, 1.807) is 24.3 Å². The number of halogens is 3. The van der Waals surface area contributed by atoms with Crippen LogP contribution in [0.5, 0.6) is 5.75 Å². The van der Waals surface area contributed by atoms with Gasteiger partial charge in [0.05, 0.1) is 29.3 Å². The predicted octanol–water partition coefficient (Wildman–Crippen LogP) is 4.38. The van der Waals surface area contributed by atoms with E-state index in [0.29, 0.717) is 16.3 Å². The molecule has 5 nitrogen and oxygen atoms in total. The summed E-state index contributed by atoms with van der Waals surface area (Å²) < 4.78 is 10.0. The lowest BCUT2D eigenvalue weighted by atomic mass is 10.1. The molecule has 1 amide bonds. The van der Waals surface area contributed by atoms with E-state index < -0.39 is 18.5 Å². The molecule has 0 radical (unpaired) electrons. The first kappa shape index (κ1) is 19.4. The minimum atomic E-state index is -0.565. The molecule has 0 heterocycles. The summed E-state index contributed by atoms with van der Waals surface area (Å²) in [5, 5.41) is 3.21. The number of hydrogen-bond donors (Lipinski definition) is 1. The van der Waals surface area contributed by atoms with Gasteiger partial charge >= 0.3 is 5.97 Å². The fraction of sp³-hybridized carbons (Fsp3) is 0.176. The van der Waals surface area contributed by atoms with Gasteiger partial charge in [-0.2, -0.15) is 0 Å². The van der Waals surface area contributed by atoms with Crippen molar-refractivity contribution < 1.29 is 19.1 Å². The fourth-order valence-corrected chi connectivity index (χ4v) is 2.89. The smallest absolute Gasteiger partial charge is 0.310 e. The lowest BCUT2D eigenvalue weighted by Crippen LogP contribution is -2.22. The molecule has 0 aliphatic heterocycles. The molecular formula is C17H14Cl3NO4. The maximum atomic E-state index is 11.9. The van der Waals surface area contributed by atoms with E-state index in [4.69, 9.17) is 44.3 Å². The quantitative estimate of drug-likeness (QED) is 0.728. The van der Waals surface area contributed by atoms with Crippen LogP contribution in [-0.4, -0.2) is 25.6 Å². The van der Waals surface area contributed by atoms with E-state index in [1.165, 1.54) is 19.2 Å². The van der Waals surface area contributed by atoms with Gasteiger partial charge in [-0.1, -0.05) is 46.9 Å². The van der Waals surface area contributed by atoms with E-state index in [-0.39, 0.29) is 22.2 Å². The average molecular weight is 403 g/mol. The number of amides is 1. The number of hydrogen-bond acceptors (Lipinski definition) is 4. The third-order valence-corrected chi connectivity index (χ3v) is 3.93. The summed E-state index contributed by atoms with van der Waals surface area (Å²) in [6.45, 7) is -0.460. The van der Waals surface area contributed by atoms with Gasteiger partial charge in [0, 0.05) is 5.02 Å². The van der Waals surface area contributed by atoms with Crippen molar-refractivity contribution >= 4 is 52.4 Å². The zero-order valence-electron chi connectivity index (χ0n) is 13.1. The maximum absolute atomic E-state index is 11.9. The molecule has 132 valence electrons. The van der Waals surface area contributed by atoms with E-state index in [9.17, 15) is 9.59 Å². The van der Waals surface area contributed by atoms with Crippen LogP contribution >= 0.6 is 34.8 Å². The molecule has 0 saturated heterocycles. The van der Waals surface area contributed by atoms with Crippen molar-refractivity contribution in [2.45, 2.75) is 6.42 Å². The van der Waals surface area contributed by atoms with Crippen LogP contribution in [0.2, 0.25) is 15.1 Å². The summed E-state index contributed by atoms with van der Waals surface area (Å²) >= 11 is 17.7. The van der Waals surface area contributed by atoms with Crippen molar-refractivity contribution in [1.82, 2.24) is 0 Å².